The van der Waals surface area contributed by atoms with Gasteiger partial charge in [-0.05, 0) is 31.5 Å². The highest BCUT2D eigenvalue weighted by molar-refractivity contribution is 6.30. The second-order valence-electron chi connectivity index (χ2n) is 4.47. The zero-order valence-electron chi connectivity index (χ0n) is 11.6. The molecule has 2 aromatic rings. The van der Waals surface area contributed by atoms with E-state index >= 15 is 0 Å². The Morgan fingerprint density at radius 3 is 2.80 bits per heavy atom. The van der Waals surface area contributed by atoms with Crippen LogP contribution in [0, 0.1) is 13.8 Å². The fourth-order valence-corrected chi connectivity index (χ4v) is 1.91. The first-order valence-corrected chi connectivity index (χ1v) is 6.70. The van der Waals surface area contributed by atoms with E-state index in [9.17, 15) is 0 Å². The lowest BCUT2D eigenvalue weighted by molar-refractivity contribution is 1.09. The largest absolute Gasteiger partial charge is 0.366 e. The number of nitrogens with one attached hydrogen (secondary N) is 2. The normalized spacial score (nSPS) is 10.2. The number of aryl methyl sites for hydroxylation is 2. The van der Waals surface area contributed by atoms with Gasteiger partial charge in [-0.1, -0.05) is 23.7 Å². The van der Waals surface area contributed by atoms with Crippen molar-refractivity contribution in [2.24, 2.45) is 0 Å². The first-order chi connectivity index (χ1) is 9.58. The standard InChI is InChI=1S/C15H17ClN4/c1-4-7-17-14-8-11(3)18-15(20-14)19-13-9-12(16)6-5-10(13)2/h4-6,8-9H,1,7H2,2-3H3,(H2,17,18,19,20). The molecule has 0 aliphatic carbocycles. The summed E-state index contributed by atoms with van der Waals surface area (Å²) in [7, 11) is 0. The van der Waals surface area contributed by atoms with Crippen LogP contribution in [0.3, 0.4) is 0 Å². The lowest BCUT2D eigenvalue weighted by Gasteiger charge is -2.11. The third-order valence-corrected chi connectivity index (χ3v) is 2.96. The Morgan fingerprint density at radius 1 is 1.25 bits per heavy atom. The zero-order valence-corrected chi connectivity index (χ0v) is 12.3. The summed E-state index contributed by atoms with van der Waals surface area (Å²) in [5, 5.41) is 7.03. The highest BCUT2D eigenvalue weighted by atomic mass is 35.5. The Balaban J connectivity index is 2.26. The van der Waals surface area contributed by atoms with Crippen LogP contribution in [-0.2, 0) is 0 Å². The summed E-state index contributed by atoms with van der Waals surface area (Å²) in [5.41, 5.74) is 2.87. The molecule has 2 rings (SSSR count). The van der Waals surface area contributed by atoms with Crippen LogP contribution >= 0.6 is 11.6 Å². The maximum atomic E-state index is 6.01. The van der Waals surface area contributed by atoms with Crippen LogP contribution in [0.25, 0.3) is 0 Å². The van der Waals surface area contributed by atoms with Gasteiger partial charge in [-0.15, -0.1) is 6.58 Å². The number of benzene rings is 1. The summed E-state index contributed by atoms with van der Waals surface area (Å²) in [6.07, 6.45) is 1.78. The Hall–Kier alpha value is -2.07. The minimum absolute atomic E-state index is 0.543. The molecule has 2 N–H and O–H groups in total. The third kappa shape index (κ3) is 3.71. The van der Waals surface area contributed by atoms with Crippen molar-refractivity contribution in [1.82, 2.24) is 9.97 Å². The molecule has 0 aliphatic heterocycles. The van der Waals surface area contributed by atoms with Crippen molar-refractivity contribution in [3.8, 4) is 0 Å². The molecule has 0 saturated heterocycles. The summed E-state index contributed by atoms with van der Waals surface area (Å²) in [6, 6.07) is 7.56. The van der Waals surface area contributed by atoms with Crippen molar-refractivity contribution >= 4 is 29.1 Å². The molecular weight excluding hydrogens is 272 g/mol. The summed E-state index contributed by atoms with van der Waals surface area (Å²) in [5.74, 6) is 1.31. The van der Waals surface area contributed by atoms with Gasteiger partial charge < -0.3 is 10.6 Å². The molecule has 0 saturated carbocycles. The molecule has 5 heteroatoms. The molecule has 1 heterocycles. The highest BCUT2D eigenvalue weighted by Crippen LogP contribution is 2.23. The minimum Gasteiger partial charge on any atom is -0.366 e. The summed E-state index contributed by atoms with van der Waals surface area (Å²) in [4.78, 5) is 8.79. The van der Waals surface area contributed by atoms with E-state index in [1.165, 1.54) is 0 Å². The van der Waals surface area contributed by atoms with E-state index in [0.717, 1.165) is 22.8 Å². The minimum atomic E-state index is 0.543. The number of aromatic nitrogens is 2. The molecule has 0 radical (unpaired) electrons. The van der Waals surface area contributed by atoms with Crippen molar-refractivity contribution in [3.05, 3.63) is 53.2 Å². The number of anilines is 3. The van der Waals surface area contributed by atoms with E-state index < -0.39 is 0 Å². The SMILES string of the molecule is C=CCNc1cc(C)nc(Nc2cc(Cl)ccc2C)n1. The van der Waals surface area contributed by atoms with E-state index in [-0.39, 0.29) is 0 Å². The van der Waals surface area contributed by atoms with E-state index in [0.29, 0.717) is 17.5 Å². The molecule has 104 valence electrons. The van der Waals surface area contributed by atoms with E-state index in [1.54, 1.807) is 6.08 Å². The van der Waals surface area contributed by atoms with Crippen LogP contribution in [0.2, 0.25) is 5.02 Å². The van der Waals surface area contributed by atoms with Gasteiger partial charge in [0, 0.05) is 29.0 Å². The number of halogens is 1. The quantitative estimate of drug-likeness (QED) is 0.814. The maximum Gasteiger partial charge on any atom is 0.229 e. The molecule has 0 amide bonds. The smallest absolute Gasteiger partial charge is 0.229 e. The molecule has 0 aliphatic rings. The Labute approximate surface area is 123 Å². The first kappa shape index (κ1) is 14.3. The average Bonchev–Trinajstić information content (AvgIpc) is 2.40. The molecule has 0 bridgehead atoms. The molecule has 1 aromatic heterocycles. The number of nitrogens with zero attached hydrogens (tertiary/aromatic N) is 2. The zero-order chi connectivity index (χ0) is 14.5. The Bertz CT molecular complexity index is 625. The molecule has 0 unspecified atom stereocenters. The molecule has 1 aromatic carbocycles. The number of hydrogen-bond donors (Lipinski definition) is 2. The van der Waals surface area contributed by atoms with E-state index in [4.69, 9.17) is 11.6 Å². The van der Waals surface area contributed by atoms with Crippen molar-refractivity contribution in [2.45, 2.75) is 13.8 Å². The summed E-state index contributed by atoms with van der Waals surface area (Å²) < 4.78 is 0. The van der Waals surface area contributed by atoms with Crippen molar-refractivity contribution in [1.29, 1.82) is 0 Å². The van der Waals surface area contributed by atoms with E-state index in [2.05, 4.69) is 27.2 Å². The van der Waals surface area contributed by atoms with Gasteiger partial charge >= 0.3 is 0 Å². The van der Waals surface area contributed by atoms with Gasteiger partial charge in [0.2, 0.25) is 5.95 Å². The average molecular weight is 289 g/mol. The van der Waals surface area contributed by atoms with Gasteiger partial charge in [-0.3, -0.25) is 0 Å². The van der Waals surface area contributed by atoms with Crippen LogP contribution in [0.5, 0.6) is 0 Å². The molecule has 4 nitrogen and oxygen atoms in total. The fourth-order valence-electron chi connectivity index (χ4n) is 1.74. The van der Waals surface area contributed by atoms with Crippen LogP contribution in [0.15, 0.2) is 36.9 Å². The summed E-state index contributed by atoms with van der Waals surface area (Å²) >= 11 is 6.01. The molecule has 0 fully saturated rings. The third-order valence-electron chi connectivity index (χ3n) is 2.73. The fraction of sp³-hybridized carbons (Fsp3) is 0.200. The Kier molecular flexibility index (Phi) is 4.58. The van der Waals surface area contributed by atoms with Gasteiger partial charge in [-0.2, -0.15) is 4.98 Å². The lowest BCUT2D eigenvalue weighted by atomic mass is 10.2. The van der Waals surface area contributed by atoms with Gasteiger partial charge in [0.1, 0.15) is 5.82 Å². The number of hydrogen-bond acceptors (Lipinski definition) is 4. The second-order valence-corrected chi connectivity index (χ2v) is 4.91. The molecule has 0 spiro atoms. The second kappa shape index (κ2) is 6.39. The van der Waals surface area contributed by atoms with Gasteiger partial charge in [0.05, 0.1) is 0 Å². The predicted octanol–water partition coefficient (Wildman–Crippen LogP) is 4.09. The molecule has 0 atom stereocenters. The maximum absolute atomic E-state index is 6.01. The van der Waals surface area contributed by atoms with Gasteiger partial charge in [0.25, 0.3) is 0 Å². The monoisotopic (exact) mass is 288 g/mol. The molecule has 20 heavy (non-hydrogen) atoms. The summed E-state index contributed by atoms with van der Waals surface area (Å²) in [6.45, 7) is 8.26. The predicted molar refractivity (Wildman–Crippen MR) is 84.9 cm³/mol. The highest BCUT2D eigenvalue weighted by Gasteiger charge is 2.05. The van der Waals surface area contributed by atoms with Gasteiger partial charge in [-0.25, -0.2) is 4.98 Å². The van der Waals surface area contributed by atoms with E-state index in [1.807, 2.05) is 38.1 Å². The van der Waals surface area contributed by atoms with Gasteiger partial charge in [0.15, 0.2) is 0 Å². The van der Waals surface area contributed by atoms with Crippen molar-refractivity contribution in [2.75, 3.05) is 17.2 Å². The van der Waals surface area contributed by atoms with Crippen LogP contribution in [0.4, 0.5) is 17.5 Å². The van der Waals surface area contributed by atoms with Crippen LogP contribution < -0.4 is 10.6 Å². The lowest BCUT2D eigenvalue weighted by Crippen LogP contribution is -2.05. The number of rotatable bonds is 5. The van der Waals surface area contributed by atoms with Crippen molar-refractivity contribution in [3.63, 3.8) is 0 Å². The molecular formula is C15H17ClN4. The van der Waals surface area contributed by atoms with Crippen LogP contribution in [-0.4, -0.2) is 16.5 Å². The Morgan fingerprint density at radius 2 is 2.05 bits per heavy atom. The topological polar surface area (TPSA) is 49.8 Å². The van der Waals surface area contributed by atoms with Crippen molar-refractivity contribution < 1.29 is 0 Å². The first-order valence-electron chi connectivity index (χ1n) is 6.32. The van der Waals surface area contributed by atoms with Crippen LogP contribution in [0.1, 0.15) is 11.3 Å².